The molecule has 3 aromatic rings. The summed E-state index contributed by atoms with van der Waals surface area (Å²) in [4.78, 5) is 0. The first-order valence-electron chi connectivity index (χ1n) is 8.98. The quantitative estimate of drug-likeness (QED) is 0.492. The van der Waals surface area contributed by atoms with Gasteiger partial charge in [0.05, 0.1) is 0 Å². The third kappa shape index (κ3) is 4.12. The van der Waals surface area contributed by atoms with Crippen LogP contribution >= 0.6 is 0 Å². The summed E-state index contributed by atoms with van der Waals surface area (Å²) in [6.45, 7) is 6.52. The van der Waals surface area contributed by atoms with E-state index in [-0.39, 0.29) is 0 Å². The van der Waals surface area contributed by atoms with Gasteiger partial charge in [-0.25, -0.2) is 0 Å². The molecular weight excluding hydrogens is 314 g/mol. The molecule has 0 spiro atoms. The Balaban J connectivity index is 2.18. The van der Waals surface area contributed by atoms with Gasteiger partial charge in [0.15, 0.2) is 0 Å². The molecule has 0 unspecified atom stereocenters. The van der Waals surface area contributed by atoms with E-state index in [1.54, 1.807) is 0 Å². The van der Waals surface area contributed by atoms with Crippen molar-refractivity contribution in [1.82, 2.24) is 0 Å². The Bertz CT molecular complexity index is 900. The average molecular weight is 339 g/mol. The second-order valence-corrected chi connectivity index (χ2v) is 6.60. The average Bonchev–Trinajstić information content (AvgIpc) is 2.67. The molecule has 26 heavy (non-hydrogen) atoms. The van der Waals surface area contributed by atoms with E-state index in [0.29, 0.717) is 0 Å². The SMILES string of the molecule is CC(C)=C(/C(=C(/C)Nc1ccccc1)c1ccccc1)c1ccccc1. The molecule has 0 radical (unpaired) electrons. The first kappa shape index (κ1) is 17.8. The molecule has 0 saturated carbocycles. The molecule has 3 aromatic carbocycles. The van der Waals surface area contributed by atoms with Gasteiger partial charge in [0.2, 0.25) is 0 Å². The molecule has 0 heterocycles. The third-order valence-corrected chi connectivity index (χ3v) is 4.36. The molecule has 0 fully saturated rings. The van der Waals surface area contributed by atoms with Gasteiger partial charge in [0.25, 0.3) is 0 Å². The molecule has 0 saturated heterocycles. The van der Waals surface area contributed by atoms with Crippen LogP contribution in [0.15, 0.2) is 102 Å². The molecule has 0 aliphatic heterocycles. The molecule has 0 atom stereocenters. The summed E-state index contributed by atoms with van der Waals surface area (Å²) in [5, 5.41) is 3.59. The topological polar surface area (TPSA) is 12.0 Å². The number of hydrogen-bond acceptors (Lipinski definition) is 1. The minimum absolute atomic E-state index is 1.10. The fourth-order valence-corrected chi connectivity index (χ4v) is 3.24. The summed E-state index contributed by atoms with van der Waals surface area (Å²) in [5.41, 5.74) is 8.50. The van der Waals surface area contributed by atoms with Gasteiger partial charge in [-0.15, -0.1) is 0 Å². The van der Waals surface area contributed by atoms with Crippen LogP contribution in [0.2, 0.25) is 0 Å². The van der Waals surface area contributed by atoms with E-state index >= 15 is 0 Å². The minimum atomic E-state index is 1.10. The van der Waals surface area contributed by atoms with Gasteiger partial charge in [0, 0.05) is 17.0 Å². The van der Waals surface area contributed by atoms with Gasteiger partial charge >= 0.3 is 0 Å². The van der Waals surface area contributed by atoms with Crippen molar-refractivity contribution in [2.24, 2.45) is 0 Å². The lowest BCUT2D eigenvalue weighted by Crippen LogP contribution is -2.03. The van der Waals surface area contributed by atoms with Gasteiger partial charge in [-0.05, 0) is 49.6 Å². The van der Waals surface area contributed by atoms with Crippen molar-refractivity contribution >= 4 is 16.8 Å². The second-order valence-electron chi connectivity index (χ2n) is 6.60. The van der Waals surface area contributed by atoms with Crippen molar-refractivity contribution < 1.29 is 0 Å². The number of hydrogen-bond donors (Lipinski definition) is 1. The highest BCUT2D eigenvalue weighted by Gasteiger charge is 2.15. The molecule has 0 amide bonds. The summed E-state index contributed by atoms with van der Waals surface area (Å²) in [7, 11) is 0. The number of allylic oxidation sites excluding steroid dienone is 4. The summed E-state index contributed by atoms with van der Waals surface area (Å²) in [6.07, 6.45) is 0. The molecule has 1 heteroatoms. The lowest BCUT2D eigenvalue weighted by atomic mass is 9.88. The number of nitrogens with one attached hydrogen (secondary N) is 1. The van der Waals surface area contributed by atoms with E-state index in [0.717, 1.165) is 11.4 Å². The summed E-state index contributed by atoms with van der Waals surface area (Å²) < 4.78 is 0. The number of para-hydroxylation sites is 1. The van der Waals surface area contributed by atoms with Crippen molar-refractivity contribution in [2.45, 2.75) is 20.8 Å². The Morgan fingerprint density at radius 1 is 0.538 bits per heavy atom. The second kappa shape index (κ2) is 8.35. The van der Waals surface area contributed by atoms with Gasteiger partial charge in [-0.3, -0.25) is 0 Å². The van der Waals surface area contributed by atoms with Crippen molar-refractivity contribution in [3.05, 3.63) is 113 Å². The number of benzene rings is 3. The van der Waals surface area contributed by atoms with Crippen molar-refractivity contribution in [2.75, 3.05) is 5.32 Å². The van der Waals surface area contributed by atoms with Crippen LogP contribution in [0.3, 0.4) is 0 Å². The molecular formula is C25H25N. The highest BCUT2D eigenvalue weighted by Crippen LogP contribution is 2.36. The standard InChI is InChI=1S/C25H25N/c1-19(2)24(21-13-7-4-8-14-21)25(22-15-9-5-10-16-22)20(3)26-23-17-11-6-12-18-23/h4-18,26H,1-3H3/b25-20-. The van der Waals surface area contributed by atoms with E-state index in [1.165, 1.54) is 27.8 Å². The lowest BCUT2D eigenvalue weighted by Gasteiger charge is -2.20. The highest BCUT2D eigenvalue weighted by molar-refractivity contribution is 6.07. The Morgan fingerprint density at radius 2 is 0.962 bits per heavy atom. The monoisotopic (exact) mass is 339 g/mol. The molecule has 1 nitrogen and oxygen atoms in total. The fourth-order valence-electron chi connectivity index (χ4n) is 3.24. The fraction of sp³-hybridized carbons (Fsp3) is 0.120. The molecule has 1 N–H and O–H groups in total. The van der Waals surface area contributed by atoms with E-state index in [1.807, 2.05) is 6.07 Å². The Kier molecular flexibility index (Phi) is 5.70. The Hall–Kier alpha value is -3.06. The van der Waals surface area contributed by atoms with E-state index in [9.17, 15) is 0 Å². The predicted molar refractivity (Wildman–Crippen MR) is 114 cm³/mol. The molecule has 0 bridgehead atoms. The smallest absolute Gasteiger partial charge is 0.0381 e. The largest absolute Gasteiger partial charge is 0.359 e. The van der Waals surface area contributed by atoms with Crippen molar-refractivity contribution in [3.8, 4) is 0 Å². The van der Waals surface area contributed by atoms with E-state index < -0.39 is 0 Å². The van der Waals surface area contributed by atoms with Gasteiger partial charge < -0.3 is 5.32 Å². The van der Waals surface area contributed by atoms with Crippen LogP contribution in [0.1, 0.15) is 31.9 Å². The van der Waals surface area contributed by atoms with E-state index in [4.69, 9.17) is 0 Å². The third-order valence-electron chi connectivity index (χ3n) is 4.36. The molecule has 0 aliphatic carbocycles. The van der Waals surface area contributed by atoms with Gasteiger partial charge in [0.1, 0.15) is 0 Å². The van der Waals surface area contributed by atoms with Crippen LogP contribution in [-0.2, 0) is 0 Å². The Labute approximate surface area is 156 Å². The van der Waals surface area contributed by atoms with Crippen LogP contribution in [-0.4, -0.2) is 0 Å². The zero-order valence-corrected chi connectivity index (χ0v) is 15.7. The summed E-state index contributed by atoms with van der Waals surface area (Å²) >= 11 is 0. The van der Waals surface area contributed by atoms with Crippen molar-refractivity contribution in [1.29, 1.82) is 0 Å². The number of anilines is 1. The number of rotatable bonds is 5. The molecule has 3 rings (SSSR count). The first-order valence-corrected chi connectivity index (χ1v) is 8.98. The van der Waals surface area contributed by atoms with Gasteiger partial charge in [-0.1, -0.05) is 84.4 Å². The zero-order valence-electron chi connectivity index (χ0n) is 15.7. The van der Waals surface area contributed by atoms with Crippen LogP contribution < -0.4 is 5.32 Å². The maximum Gasteiger partial charge on any atom is 0.0381 e. The highest BCUT2D eigenvalue weighted by atomic mass is 14.9. The Morgan fingerprint density at radius 3 is 1.42 bits per heavy atom. The normalized spacial score (nSPS) is 11.5. The van der Waals surface area contributed by atoms with E-state index in [2.05, 4.69) is 111 Å². The van der Waals surface area contributed by atoms with Crippen LogP contribution in [0, 0.1) is 0 Å². The molecule has 0 aromatic heterocycles. The lowest BCUT2D eigenvalue weighted by molar-refractivity contribution is 1.35. The summed E-state index contributed by atoms with van der Waals surface area (Å²) in [5.74, 6) is 0. The first-order chi connectivity index (χ1) is 12.7. The minimum Gasteiger partial charge on any atom is -0.359 e. The van der Waals surface area contributed by atoms with Crippen LogP contribution in [0.4, 0.5) is 5.69 Å². The zero-order chi connectivity index (χ0) is 18.4. The summed E-state index contributed by atoms with van der Waals surface area (Å²) in [6, 6.07) is 31.6. The molecule has 130 valence electrons. The maximum atomic E-state index is 3.59. The predicted octanol–water partition coefficient (Wildman–Crippen LogP) is 7.02. The van der Waals surface area contributed by atoms with Gasteiger partial charge in [-0.2, -0.15) is 0 Å². The van der Waals surface area contributed by atoms with Crippen molar-refractivity contribution in [3.63, 3.8) is 0 Å². The van der Waals surface area contributed by atoms with Crippen LogP contribution in [0.5, 0.6) is 0 Å². The molecule has 0 aliphatic rings. The van der Waals surface area contributed by atoms with Crippen LogP contribution in [0.25, 0.3) is 11.1 Å². The maximum absolute atomic E-state index is 3.59.